The molecule has 1 saturated heterocycles. The lowest BCUT2D eigenvalue weighted by Gasteiger charge is -2.15. The van der Waals surface area contributed by atoms with Crippen molar-refractivity contribution in [3.8, 4) is 0 Å². The third-order valence-electron chi connectivity index (χ3n) is 7.42. The van der Waals surface area contributed by atoms with Crippen LogP contribution in [0.3, 0.4) is 0 Å². The van der Waals surface area contributed by atoms with Crippen LogP contribution in [0.1, 0.15) is 116 Å². The molecule has 0 aromatic carbocycles. The van der Waals surface area contributed by atoms with Crippen LogP contribution < -0.4 is 16.0 Å². The van der Waals surface area contributed by atoms with Gasteiger partial charge in [-0.3, -0.25) is 44.4 Å². The van der Waals surface area contributed by atoms with Gasteiger partial charge in [0.15, 0.2) is 0 Å². The van der Waals surface area contributed by atoms with Gasteiger partial charge in [0.05, 0.1) is 0 Å². The summed E-state index contributed by atoms with van der Waals surface area (Å²) in [6.07, 6.45) is 7.95. The standard InChI is InChI=1S/C30H54N6O9/c37-25-13-16-29(41)35(44)23-11-5-2-9-21-33-27(39)15-18-30(42)36(45)24-12-6-3-8-20-32-26(38)14-17-28(40)34(43)22-10-4-1-7-19-31-25/h43-45H,1-24H2,(H,31,37)(H,32,38)(H,33,39). The lowest BCUT2D eigenvalue weighted by molar-refractivity contribution is -0.166. The highest BCUT2D eigenvalue weighted by atomic mass is 16.5. The van der Waals surface area contributed by atoms with Crippen LogP contribution >= 0.6 is 0 Å². The first-order chi connectivity index (χ1) is 21.6. The molecule has 0 bridgehead atoms. The van der Waals surface area contributed by atoms with Crippen LogP contribution in [-0.4, -0.2) is 106 Å². The average Bonchev–Trinajstić information content (AvgIpc) is 3.02. The number of amides is 6. The van der Waals surface area contributed by atoms with E-state index in [2.05, 4.69) is 16.0 Å². The molecule has 258 valence electrons. The van der Waals surface area contributed by atoms with Crippen molar-refractivity contribution in [3.05, 3.63) is 0 Å². The number of nitrogens with one attached hydrogen (secondary N) is 3. The summed E-state index contributed by atoms with van der Waals surface area (Å²) >= 11 is 0. The predicted molar refractivity (Wildman–Crippen MR) is 163 cm³/mol. The van der Waals surface area contributed by atoms with Crippen LogP contribution in [-0.2, 0) is 28.8 Å². The molecule has 1 aliphatic rings. The van der Waals surface area contributed by atoms with Crippen LogP contribution in [0.4, 0.5) is 0 Å². The van der Waals surface area contributed by atoms with Crippen LogP contribution in [0, 0.1) is 0 Å². The first-order valence-electron chi connectivity index (χ1n) is 16.4. The van der Waals surface area contributed by atoms with E-state index in [1.807, 2.05) is 0 Å². The van der Waals surface area contributed by atoms with Crippen molar-refractivity contribution in [2.45, 2.75) is 116 Å². The van der Waals surface area contributed by atoms with Gasteiger partial charge >= 0.3 is 0 Å². The van der Waals surface area contributed by atoms with Crippen molar-refractivity contribution in [3.63, 3.8) is 0 Å². The van der Waals surface area contributed by atoms with Gasteiger partial charge in [0.25, 0.3) is 0 Å². The highest BCUT2D eigenvalue weighted by Crippen LogP contribution is 2.06. The van der Waals surface area contributed by atoms with Gasteiger partial charge in [-0.25, -0.2) is 15.2 Å². The minimum atomic E-state index is -0.527. The van der Waals surface area contributed by atoms with Gasteiger partial charge in [-0.2, -0.15) is 0 Å². The molecule has 0 radical (unpaired) electrons. The van der Waals surface area contributed by atoms with Crippen LogP contribution in [0.2, 0.25) is 0 Å². The molecule has 15 heteroatoms. The highest BCUT2D eigenvalue weighted by molar-refractivity contribution is 5.84. The van der Waals surface area contributed by atoms with Crippen molar-refractivity contribution in [1.29, 1.82) is 0 Å². The molecule has 1 heterocycles. The summed E-state index contributed by atoms with van der Waals surface area (Å²) < 4.78 is 0. The zero-order chi connectivity index (χ0) is 33.3. The second-order valence-corrected chi connectivity index (χ2v) is 11.3. The Morgan fingerprint density at radius 3 is 0.867 bits per heavy atom. The molecule has 6 amide bonds. The van der Waals surface area contributed by atoms with E-state index in [-0.39, 0.29) is 75.9 Å². The molecule has 0 saturated carbocycles. The van der Waals surface area contributed by atoms with E-state index in [9.17, 15) is 44.4 Å². The van der Waals surface area contributed by atoms with E-state index in [0.717, 1.165) is 38.5 Å². The molecule has 0 spiro atoms. The number of hydrogen-bond donors (Lipinski definition) is 6. The second kappa shape index (κ2) is 25.0. The average molecular weight is 643 g/mol. The zero-order valence-corrected chi connectivity index (χ0v) is 26.6. The van der Waals surface area contributed by atoms with E-state index in [1.54, 1.807) is 0 Å². The molecule has 1 fully saturated rings. The number of nitrogens with zero attached hydrogens (tertiary/aromatic N) is 3. The number of carbonyl (C=O) groups is 6. The van der Waals surface area contributed by atoms with Gasteiger partial charge in [-0.05, 0) is 38.5 Å². The molecular weight excluding hydrogens is 588 g/mol. The second-order valence-electron chi connectivity index (χ2n) is 11.3. The Balaban J connectivity index is 2.45. The molecule has 0 unspecified atom stereocenters. The summed E-state index contributed by atoms with van der Waals surface area (Å²) in [5.41, 5.74) is 0. The van der Waals surface area contributed by atoms with E-state index in [4.69, 9.17) is 0 Å². The van der Waals surface area contributed by atoms with Crippen molar-refractivity contribution < 1.29 is 44.4 Å². The Kier molecular flexibility index (Phi) is 22.0. The monoisotopic (exact) mass is 642 g/mol. The molecule has 1 rings (SSSR count). The van der Waals surface area contributed by atoms with Crippen molar-refractivity contribution in [2.24, 2.45) is 0 Å². The Morgan fingerprint density at radius 2 is 0.600 bits per heavy atom. The minimum absolute atomic E-state index is 0.0306. The largest absolute Gasteiger partial charge is 0.356 e. The highest BCUT2D eigenvalue weighted by Gasteiger charge is 2.15. The van der Waals surface area contributed by atoms with E-state index < -0.39 is 17.7 Å². The maximum Gasteiger partial charge on any atom is 0.246 e. The van der Waals surface area contributed by atoms with Gasteiger partial charge in [0.2, 0.25) is 35.4 Å². The van der Waals surface area contributed by atoms with Crippen LogP contribution in [0.15, 0.2) is 0 Å². The predicted octanol–water partition coefficient (Wildman–Crippen LogP) is 2.02. The summed E-state index contributed by atoms with van der Waals surface area (Å²) in [7, 11) is 0. The normalized spacial score (nSPS) is 21.5. The molecule has 0 aromatic rings. The summed E-state index contributed by atoms with van der Waals surface area (Å²) in [6.45, 7) is 1.77. The molecule has 1 aliphatic heterocycles. The smallest absolute Gasteiger partial charge is 0.246 e. The fraction of sp³-hybridized carbons (Fsp3) is 0.800. The molecule has 15 nitrogen and oxygen atoms in total. The number of hydrogen-bond acceptors (Lipinski definition) is 9. The first kappa shape index (κ1) is 39.7. The van der Waals surface area contributed by atoms with Crippen LogP contribution in [0.5, 0.6) is 0 Å². The van der Waals surface area contributed by atoms with Gasteiger partial charge in [0.1, 0.15) is 0 Å². The van der Waals surface area contributed by atoms with Crippen LogP contribution in [0.25, 0.3) is 0 Å². The van der Waals surface area contributed by atoms with Crippen molar-refractivity contribution in [2.75, 3.05) is 39.3 Å². The fourth-order valence-corrected chi connectivity index (χ4v) is 4.59. The number of rotatable bonds is 0. The zero-order valence-electron chi connectivity index (χ0n) is 26.6. The minimum Gasteiger partial charge on any atom is -0.356 e. The van der Waals surface area contributed by atoms with Gasteiger partial charge in [-0.15, -0.1) is 0 Å². The topological polar surface area (TPSA) is 209 Å². The van der Waals surface area contributed by atoms with Gasteiger partial charge in [0, 0.05) is 77.8 Å². The van der Waals surface area contributed by atoms with E-state index in [0.29, 0.717) is 73.3 Å². The van der Waals surface area contributed by atoms with Gasteiger partial charge in [-0.1, -0.05) is 38.5 Å². The number of carbonyl (C=O) groups excluding carboxylic acids is 6. The fourth-order valence-electron chi connectivity index (χ4n) is 4.59. The lowest BCUT2D eigenvalue weighted by Crippen LogP contribution is -2.31. The third kappa shape index (κ3) is 21.1. The molecule has 0 atom stereocenters. The summed E-state index contributed by atoms with van der Waals surface area (Å²) in [6, 6.07) is 0. The van der Waals surface area contributed by atoms with Crippen molar-refractivity contribution in [1.82, 2.24) is 31.1 Å². The first-order valence-corrected chi connectivity index (χ1v) is 16.4. The third-order valence-corrected chi connectivity index (χ3v) is 7.42. The Morgan fingerprint density at radius 1 is 0.356 bits per heavy atom. The Labute approximate surface area is 265 Å². The lowest BCUT2D eigenvalue weighted by atomic mass is 10.1. The van der Waals surface area contributed by atoms with Crippen molar-refractivity contribution >= 4 is 35.4 Å². The maximum absolute atomic E-state index is 12.1. The Hall–Kier alpha value is -3.30. The quantitative estimate of drug-likeness (QED) is 0.213. The van der Waals surface area contributed by atoms with E-state index in [1.165, 1.54) is 0 Å². The summed E-state index contributed by atoms with van der Waals surface area (Å²) in [5, 5.41) is 39.9. The molecular formula is C30H54N6O9. The molecule has 0 aromatic heterocycles. The summed E-state index contributed by atoms with van der Waals surface area (Å²) in [5.74, 6) is -2.43. The molecule has 45 heavy (non-hydrogen) atoms. The van der Waals surface area contributed by atoms with E-state index >= 15 is 0 Å². The molecule has 0 aliphatic carbocycles. The number of hydroxylamine groups is 6. The summed E-state index contributed by atoms with van der Waals surface area (Å²) in [4.78, 5) is 72.3. The Bertz CT molecular complexity index is 806. The maximum atomic E-state index is 12.1. The van der Waals surface area contributed by atoms with Gasteiger partial charge < -0.3 is 16.0 Å². The molecule has 6 N–H and O–H groups in total. The SMILES string of the molecule is O=C1CCC(=O)N(O)CCCCCCNC(=O)CCC(=O)N(O)CCCCCCNC(=O)CCC(=O)N(O)CCCCCCN1.